The predicted octanol–water partition coefficient (Wildman–Crippen LogP) is 0.746. The van der Waals surface area contributed by atoms with Crippen molar-refractivity contribution in [2.75, 3.05) is 37.9 Å². The fraction of sp³-hybridized carbons (Fsp3) is 1.00. The molecule has 21 heavy (non-hydrogen) atoms. The summed E-state index contributed by atoms with van der Waals surface area (Å²) in [6.07, 6.45) is 3.07. The molecule has 0 radical (unpaired) electrons. The normalized spacial score (nSPS) is 12.7. The Morgan fingerprint density at radius 1 is 0.571 bits per heavy atom. The minimum atomic E-state index is -3.90. The maximum Gasteiger partial charge on any atom is 0.264 e. The Balaban J connectivity index is 3.16. The molecule has 0 fully saturated rings. The molecule has 0 saturated carbocycles. The van der Waals surface area contributed by atoms with Gasteiger partial charge >= 0.3 is 0 Å². The summed E-state index contributed by atoms with van der Waals surface area (Å²) in [5, 5.41) is 0. The number of hydrogen-bond acceptors (Lipinski definition) is 6. The molecule has 0 spiro atoms. The molecule has 0 aliphatic heterocycles. The largest absolute Gasteiger partial charge is 0.381 e. The highest BCUT2D eigenvalue weighted by Crippen LogP contribution is 1.99. The lowest BCUT2D eigenvalue weighted by atomic mass is 10.2. The number of unbranched alkanes of at least 4 members (excludes halogenated alkanes) is 2. The third kappa shape index (κ3) is 19.7. The summed E-state index contributed by atoms with van der Waals surface area (Å²) in [6.45, 7) is 1.64. The molecular formula is C11H24O8S2. The van der Waals surface area contributed by atoms with Gasteiger partial charge in [-0.2, -0.15) is 16.8 Å². The molecule has 10 heteroatoms. The van der Waals surface area contributed by atoms with E-state index >= 15 is 0 Å². The lowest BCUT2D eigenvalue weighted by Crippen LogP contribution is -2.08. The average Bonchev–Trinajstić information content (AvgIpc) is 2.32. The SMILES string of the molecule is O=S(=O)(O)CCCOCCCCCOCCCS(=O)(=O)O. The van der Waals surface area contributed by atoms with E-state index in [1.807, 2.05) is 0 Å². The summed E-state index contributed by atoms with van der Waals surface area (Å²) in [4.78, 5) is 0. The van der Waals surface area contributed by atoms with Crippen LogP contribution in [0.4, 0.5) is 0 Å². The van der Waals surface area contributed by atoms with Crippen LogP contribution in [0.3, 0.4) is 0 Å². The Morgan fingerprint density at radius 3 is 1.24 bits per heavy atom. The van der Waals surface area contributed by atoms with Gasteiger partial charge in [0, 0.05) is 26.4 Å². The van der Waals surface area contributed by atoms with E-state index in [0.717, 1.165) is 19.3 Å². The van der Waals surface area contributed by atoms with E-state index in [9.17, 15) is 16.8 Å². The summed E-state index contributed by atoms with van der Waals surface area (Å²) in [6, 6.07) is 0. The fourth-order valence-corrected chi connectivity index (χ4v) is 2.44. The van der Waals surface area contributed by atoms with Crippen molar-refractivity contribution >= 4 is 20.2 Å². The molecule has 2 N–H and O–H groups in total. The van der Waals surface area contributed by atoms with Crippen LogP contribution in [-0.2, 0) is 29.7 Å². The third-order valence-electron chi connectivity index (χ3n) is 2.46. The van der Waals surface area contributed by atoms with Gasteiger partial charge in [-0.05, 0) is 32.1 Å². The zero-order chi connectivity index (χ0) is 16.2. The van der Waals surface area contributed by atoms with Crippen molar-refractivity contribution in [1.29, 1.82) is 0 Å². The smallest absolute Gasteiger partial charge is 0.264 e. The first-order valence-corrected chi connectivity index (χ1v) is 9.98. The first-order chi connectivity index (χ1) is 9.71. The molecule has 0 aliphatic rings. The van der Waals surface area contributed by atoms with Gasteiger partial charge in [-0.15, -0.1) is 0 Å². The van der Waals surface area contributed by atoms with Gasteiger partial charge in [0.2, 0.25) is 0 Å². The third-order valence-corrected chi connectivity index (χ3v) is 4.07. The minimum absolute atomic E-state index is 0.274. The molecule has 0 heterocycles. The van der Waals surface area contributed by atoms with E-state index in [-0.39, 0.29) is 24.3 Å². The van der Waals surface area contributed by atoms with Crippen LogP contribution in [0, 0.1) is 0 Å². The zero-order valence-corrected chi connectivity index (χ0v) is 13.6. The summed E-state index contributed by atoms with van der Waals surface area (Å²) in [7, 11) is -7.79. The van der Waals surface area contributed by atoms with Gasteiger partial charge < -0.3 is 9.47 Å². The molecule has 0 aromatic heterocycles. The molecule has 128 valence electrons. The van der Waals surface area contributed by atoms with Crippen molar-refractivity contribution in [1.82, 2.24) is 0 Å². The molecule has 0 aromatic rings. The minimum Gasteiger partial charge on any atom is -0.381 e. The summed E-state index contributed by atoms with van der Waals surface area (Å²) in [5.74, 6) is -0.575. The van der Waals surface area contributed by atoms with Crippen molar-refractivity contribution in [2.45, 2.75) is 32.1 Å². The van der Waals surface area contributed by atoms with Crippen molar-refractivity contribution in [2.24, 2.45) is 0 Å². The molecule has 0 rings (SSSR count). The monoisotopic (exact) mass is 348 g/mol. The topological polar surface area (TPSA) is 127 Å². The van der Waals surface area contributed by atoms with E-state index in [4.69, 9.17) is 18.6 Å². The highest BCUT2D eigenvalue weighted by molar-refractivity contribution is 7.86. The van der Waals surface area contributed by atoms with Gasteiger partial charge in [-0.25, -0.2) is 0 Å². The molecule has 0 atom stereocenters. The van der Waals surface area contributed by atoms with Gasteiger partial charge in [-0.1, -0.05) is 0 Å². The van der Waals surface area contributed by atoms with Crippen molar-refractivity contribution in [3.8, 4) is 0 Å². The van der Waals surface area contributed by atoms with Crippen molar-refractivity contribution < 1.29 is 35.4 Å². The van der Waals surface area contributed by atoms with Crippen LogP contribution >= 0.6 is 0 Å². The van der Waals surface area contributed by atoms with Gasteiger partial charge in [0.1, 0.15) is 0 Å². The van der Waals surface area contributed by atoms with Gasteiger partial charge in [0.05, 0.1) is 11.5 Å². The molecule has 0 saturated heterocycles. The molecule has 0 unspecified atom stereocenters. The Morgan fingerprint density at radius 2 is 0.905 bits per heavy atom. The molecule has 8 nitrogen and oxygen atoms in total. The van der Waals surface area contributed by atoms with Gasteiger partial charge in [0.15, 0.2) is 0 Å². The van der Waals surface area contributed by atoms with Crippen molar-refractivity contribution in [3.63, 3.8) is 0 Å². The highest BCUT2D eigenvalue weighted by atomic mass is 32.2. The van der Waals surface area contributed by atoms with Gasteiger partial charge in [-0.3, -0.25) is 9.11 Å². The Hall–Kier alpha value is -0.260. The lowest BCUT2D eigenvalue weighted by molar-refractivity contribution is 0.115. The number of rotatable bonds is 14. The van der Waals surface area contributed by atoms with Crippen LogP contribution in [0.15, 0.2) is 0 Å². The van der Waals surface area contributed by atoms with E-state index in [2.05, 4.69) is 0 Å². The Bertz CT molecular complexity index is 401. The maximum atomic E-state index is 10.4. The van der Waals surface area contributed by atoms with Crippen LogP contribution in [0.5, 0.6) is 0 Å². The van der Waals surface area contributed by atoms with Crippen molar-refractivity contribution in [3.05, 3.63) is 0 Å². The first kappa shape index (κ1) is 20.7. The molecular weight excluding hydrogens is 324 g/mol. The van der Waals surface area contributed by atoms with Gasteiger partial charge in [0.25, 0.3) is 20.2 Å². The molecule has 0 aromatic carbocycles. The summed E-state index contributed by atoms with van der Waals surface area (Å²) in [5.41, 5.74) is 0. The van der Waals surface area contributed by atoms with E-state index in [1.165, 1.54) is 0 Å². The van der Waals surface area contributed by atoms with Crippen LogP contribution in [0.1, 0.15) is 32.1 Å². The summed E-state index contributed by atoms with van der Waals surface area (Å²) < 4.78 is 69.0. The predicted molar refractivity (Wildman–Crippen MR) is 77.6 cm³/mol. The second-order valence-corrected chi connectivity index (χ2v) is 7.71. The second-order valence-electron chi connectivity index (χ2n) is 4.56. The van der Waals surface area contributed by atoms with E-state index < -0.39 is 20.2 Å². The quantitative estimate of drug-likeness (QED) is 0.348. The second kappa shape index (κ2) is 11.3. The number of ether oxygens (including phenoxy) is 2. The zero-order valence-electron chi connectivity index (χ0n) is 11.9. The Kier molecular flexibility index (Phi) is 11.2. The van der Waals surface area contributed by atoms with Crippen LogP contribution in [0.25, 0.3) is 0 Å². The fourth-order valence-electron chi connectivity index (χ4n) is 1.48. The van der Waals surface area contributed by atoms with E-state index in [0.29, 0.717) is 26.4 Å². The number of hydrogen-bond donors (Lipinski definition) is 2. The standard InChI is InChI=1S/C11H24O8S2/c12-20(13,14)10-4-8-18-6-2-1-3-7-19-9-5-11-21(15,16)17/h1-11H2,(H,12,13,14)(H,15,16,17). The average molecular weight is 348 g/mol. The molecule has 0 bridgehead atoms. The summed E-state index contributed by atoms with van der Waals surface area (Å²) >= 11 is 0. The Labute approximate surface area is 126 Å². The van der Waals surface area contributed by atoms with Crippen LogP contribution in [0.2, 0.25) is 0 Å². The van der Waals surface area contributed by atoms with Crippen LogP contribution < -0.4 is 0 Å². The molecule has 0 amide bonds. The molecule has 0 aliphatic carbocycles. The van der Waals surface area contributed by atoms with E-state index in [1.54, 1.807) is 0 Å². The van der Waals surface area contributed by atoms with Crippen LogP contribution in [-0.4, -0.2) is 63.9 Å². The lowest BCUT2D eigenvalue weighted by Gasteiger charge is -2.05. The first-order valence-electron chi connectivity index (χ1n) is 6.76. The highest BCUT2D eigenvalue weighted by Gasteiger charge is 2.04. The maximum absolute atomic E-state index is 10.4.